The van der Waals surface area contributed by atoms with Crippen molar-refractivity contribution in [3.63, 3.8) is 0 Å². The third kappa shape index (κ3) is 1.64. The molecule has 1 saturated heterocycles. The molecule has 0 aromatic carbocycles. The van der Waals surface area contributed by atoms with Crippen molar-refractivity contribution >= 4 is 0 Å². The number of hydrogen-bond donors (Lipinski definition) is 1. The fraction of sp³-hybridized carbons (Fsp3) is 1.00. The number of nitrogens with two attached hydrogens (primary N) is 1. The fourth-order valence-corrected chi connectivity index (χ4v) is 2.04. The lowest BCUT2D eigenvalue weighted by Crippen LogP contribution is -2.46. The molecule has 0 radical (unpaired) electrons. The van der Waals surface area contributed by atoms with Crippen LogP contribution in [0.15, 0.2) is 0 Å². The number of hydrogen-bond acceptors (Lipinski definition) is 2. The molecule has 1 aliphatic heterocycles. The van der Waals surface area contributed by atoms with Gasteiger partial charge in [-0.2, -0.15) is 0 Å². The van der Waals surface area contributed by atoms with Gasteiger partial charge in [-0.15, -0.1) is 0 Å². The van der Waals surface area contributed by atoms with E-state index in [1.165, 1.54) is 0 Å². The van der Waals surface area contributed by atoms with Crippen molar-refractivity contribution < 1.29 is 4.74 Å². The smallest absolute Gasteiger partial charge is 0.0729 e. The van der Waals surface area contributed by atoms with Crippen LogP contribution < -0.4 is 5.73 Å². The summed E-state index contributed by atoms with van der Waals surface area (Å²) in [6.07, 6.45) is 0.635. The highest BCUT2D eigenvalue weighted by Gasteiger charge is 2.35. The van der Waals surface area contributed by atoms with Gasteiger partial charge in [-0.3, -0.25) is 0 Å². The van der Waals surface area contributed by atoms with Gasteiger partial charge in [0, 0.05) is 6.54 Å². The van der Waals surface area contributed by atoms with Crippen LogP contribution in [0.1, 0.15) is 27.7 Å². The Hall–Kier alpha value is -0.0800. The van der Waals surface area contributed by atoms with E-state index in [4.69, 9.17) is 10.5 Å². The summed E-state index contributed by atoms with van der Waals surface area (Å²) in [4.78, 5) is 0. The second-order valence-electron chi connectivity index (χ2n) is 4.19. The molecule has 2 N–H and O–H groups in total. The molecule has 0 saturated carbocycles. The maximum Gasteiger partial charge on any atom is 0.0729 e. The summed E-state index contributed by atoms with van der Waals surface area (Å²) < 4.78 is 5.81. The van der Waals surface area contributed by atoms with Crippen LogP contribution in [-0.2, 0) is 4.74 Å². The van der Waals surface area contributed by atoms with Crippen molar-refractivity contribution in [2.45, 2.75) is 39.9 Å². The van der Waals surface area contributed by atoms with Gasteiger partial charge in [-0.1, -0.05) is 20.8 Å². The summed E-state index contributed by atoms with van der Waals surface area (Å²) >= 11 is 0. The molecule has 0 spiro atoms. The molecule has 1 fully saturated rings. The van der Waals surface area contributed by atoms with E-state index in [1.54, 1.807) is 0 Å². The Kier molecular flexibility index (Phi) is 3.13. The summed E-state index contributed by atoms with van der Waals surface area (Å²) in [5.41, 5.74) is 5.64. The molecule has 2 nitrogen and oxygen atoms in total. The minimum atomic E-state index is 0.270. The number of ether oxygens (including phenoxy) is 1. The molecule has 5 atom stereocenters. The van der Waals surface area contributed by atoms with Crippen LogP contribution in [0, 0.1) is 17.8 Å². The monoisotopic (exact) mass is 171 g/mol. The normalized spacial score (nSPS) is 49.2. The van der Waals surface area contributed by atoms with Crippen LogP contribution in [-0.4, -0.2) is 18.8 Å². The lowest BCUT2D eigenvalue weighted by atomic mass is 9.77. The molecular weight excluding hydrogens is 150 g/mol. The van der Waals surface area contributed by atoms with Crippen molar-refractivity contribution in [2.24, 2.45) is 23.5 Å². The van der Waals surface area contributed by atoms with Crippen LogP contribution >= 0.6 is 0 Å². The van der Waals surface area contributed by atoms with E-state index in [1.807, 2.05) is 0 Å². The summed E-state index contributed by atoms with van der Waals surface area (Å²) in [5.74, 6) is 1.98. The van der Waals surface area contributed by atoms with Crippen molar-refractivity contribution in [2.75, 3.05) is 6.54 Å². The van der Waals surface area contributed by atoms with Gasteiger partial charge in [0.15, 0.2) is 0 Å². The van der Waals surface area contributed by atoms with Gasteiger partial charge in [-0.05, 0) is 24.7 Å². The predicted octanol–water partition coefficient (Wildman–Crippen LogP) is 1.64. The molecule has 12 heavy (non-hydrogen) atoms. The molecule has 0 aromatic heterocycles. The summed E-state index contributed by atoms with van der Waals surface area (Å²) in [7, 11) is 0. The lowest BCUT2D eigenvalue weighted by Gasteiger charge is -2.42. The first-order valence-electron chi connectivity index (χ1n) is 4.93. The number of rotatable bonds is 1. The van der Waals surface area contributed by atoms with Crippen molar-refractivity contribution in [3.8, 4) is 0 Å². The Balaban J connectivity index is 2.63. The molecular formula is C10H21NO. The predicted molar refractivity (Wildman–Crippen MR) is 50.9 cm³/mol. The van der Waals surface area contributed by atoms with Crippen molar-refractivity contribution in [3.05, 3.63) is 0 Å². The van der Waals surface area contributed by atoms with Crippen LogP contribution in [0.3, 0.4) is 0 Å². The SMILES string of the molecule is C[C@@H]1[C@@H](C)[C@H](C)O[C@H](CN)[C@H]1C. The highest BCUT2D eigenvalue weighted by atomic mass is 16.5. The van der Waals surface area contributed by atoms with Crippen LogP contribution in [0.25, 0.3) is 0 Å². The molecule has 0 aliphatic carbocycles. The second-order valence-corrected chi connectivity index (χ2v) is 4.19. The minimum Gasteiger partial charge on any atom is -0.373 e. The Morgan fingerprint density at radius 2 is 1.58 bits per heavy atom. The highest BCUT2D eigenvalue weighted by molar-refractivity contribution is 4.84. The first-order valence-corrected chi connectivity index (χ1v) is 4.93. The third-order valence-corrected chi connectivity index (χ3v) is 3.61. The molecule has 0 bridgehead atoms. The van der Waals surface area contributed by atoms with Gasteiger partial charge < -0.3 is 10.5 Å². The largest absolute Gasteiger partial charge is 0.373 e. The van der Waals surface area contributed by atoms with E-state index in [9.17, 15) is 0 Å². The zero-order valence-corrected chi connectivity index (χ0v) is 8.58. The van der Waals surface area contributed by atoms with Crippen LogP contribution in [0.4, 0.5) is 0 Å². The summed E-state index contributed by atoms with van der Waals surface area (Å²) in [6.45, 7) is 9.61. The van der Waals surface area contributed by atoms with E-state index in [2.05, 4.69) is 27.7 Å². The molecule has 2 heteroatoms. The minimum absolute atomic E-state index is 0.270. The Morgan fingerprint density at radius 1 is 1.00 bits per heavy atom. The van der Waals surface area contributed by atoms with Gasteiger partial charge >= 0.3 is 0 Å². The average molecular weight is 171 g/mol. The standard InChI is InChI=1S/C10H21NO/c1-6-7(2)9(4)12-10(5-11)8(6)3/h6-10H,5,11H2,1-4H3/t6-,7-,8+,9+,10-/m1/s1. The third-order valence-electron chi connectivity index (χ3n) is 3.61. The zero-order chi connectivity index (χ0) is 9.30. The fourth-order valence-electron chi connectivity index (χ4n) is 2.04. The molecule has 1 rings (SSSR count). The van der Waals surface area contributed by atoms with Crippen molar-refractivity contribution in [1.82, 2.24) is 0 Å². The first kappa shape index (κ1) is 10.0. The average Bonchev–Trinajstić information content (AvgIpc) is 2.08. The highest BCUT2D eigenvalue weighted by Crippen LogP contribution is 2.34. The van der Waals surface area contributed by atoms with Crippen LogP contribution in [0.2, 0.25) is 0 Å². The summed E-state index contributed by atoms with van der Waals surface area (Å²) in [6, 6.07) is 0. The molecule has 0 aromatic rings. The van der Waals surface area contributed by atoms with E-state index < -0.39 is 0 Å². The Labute approximate surface area is 75.5 Å². The molecule has 0 unspecified atom stereocenters. The van der Waals surface area contributed by atoms with E-state index in [-0.39, 0.29) is 6.10 Å². The Bertz CT molecular complexity index is 144. The van der Waals surface area contributed by atoms with E-state index in [0.717, 1.165) is 5.92 Å². The maximum absolute atomic E-state index is 5.81. The van der Waals surface area contributed by atoms with Gasteiger partial charge in [0.2, 0.25) is 0 Å². The van der Waals surface area contributed by atoms with Crippen LogP contribution in [0.5, 0.6) is 0 Å². The molecule has 1 heterocycles. The quantitative estimate of drug-likeness (QED) is 0.651. The van der Waals surface area contributed by atoms with Gasteiger partial charge in [0.05, 0.1) is 12.2 Å². The Morgan fingerprint density at radius 3 is 2.08 bits per heavy atom. The summed E-state index contributed by atoms with van der Waals surface area (Å²) in [5, 5.41) is 0. The first-order chi connectivity index (χ1) is 5.57. The van der Waals surface area contributed by atoms with E-state index in [0.29, 0.717) is 24.5 Å². The maximum atomic E-state index is 5.81. The molecule has 1 aliphatic rings. The lowest BCUT2D eigenvalue weighted by molar-refractivity contribution is -0.120. The molecule has 0 amide bonds. The second kappa shape index (κ2) is 3.75. The molecule has 72 valence electrons. The van der Waals surface area contributed by atoms with E-state index >= 15 is 0 Å². The zero-order valence-electron chi connectivity index (χ0n) is 8.58. The van der Waals surface area contributed by atoms with Gasteiger partial charge in [0.1, 0.15) is 0 Å². The van der Waals surface area contributed by atoms with Gasteiger partial charge in [-0.25, -0.2) is 0 Å². The topological polar surface area (TPSA) is 35.2 Å². The van der Waals surface area contributed by atoms with Gasteiger partial charge in [0.25, 0.3) is 0 Å². The van der Waals surface area contributed by atoms with Crippen molar-refractivity contribution in [1.29, 1.82) is 0 Å².